The van der Waals surface area contributed by atoms with E-state index in [4.69, 9.17) is 4.42 Å². The lowest BCUT2D eigenvalue weighted by Crippen LogP contribution is -2.40. The third-order valence-corrected chi connectivity index (χ3v) is 5.28. The summed E-state index contributed by atoms with van der Waals surface area (Å²) in [7, 11) is 0. The molecule has 4 rings (SSSR count). The highest BCUT2D eigenvalue weighted by Gasteiger charge is 2.27. The molecular formula is C17H15FN2O3S. The Labute approximate surface area is 140 Å². The molecule has 1 saturated heterocycles. The van der Waals surface area contributed by atoms with Crippen molar-refractivity contribution in [2.75, 3.05) is 13.1 Å². The first-order valence-corrected chi connectivity index (χ1v) is 8.65. The molecular weight excluding hydrogens is 331 g/mol. The second-order valence-electron chi connectivity index (χ2n) is 5.85. The maximum absolute atomic E-state index is 13.5. The number of piperidine rings is 1. The molecule has 24 heavy (non-hydrogen) atoms. The summed E-state index contributed by atoms with van der Waals surface area (Å²) >= 11 is 1.43. The van der Waals surface area contributed by atoms with E-state index in [2.05, 4.69) is 0 Å². The van der Waals surface area contributed by atoms with Gasteiger partial charge in [0.1, 0.15) is 5.82 Å². The molecule has 124 valence electrons. The number of oxazole rings is 1. The van der Waals surface area contributed by atoms with Crippen LogP contribution in [0, 0.1) is 5.82 Å². The number of rotatable bonds is 2. The minimum absolute atomic E-state index is 0.0268. The normalized spacial score (nSPS) is 16.0. The average molecular weight is 346 g/mol. The van der Waals surface area contributed by atoms with Gasteiger partial charge in [-0.15, -0.1) is 11.3 Å². The van der Waals surface area contributed by atoms with Crippen molar-refractivity contribution in [1.29, 1.82) is 0 Å². The van der Waals surface area contributed by atoms with Crippen LogP contribution in [0.1, 0.15) is 28.6 Å². The van der Waals surface area contributed by atoms with E-state index in [-0.39, 0.29) is 11.9 Å². The average Bonchev–Trinajstić information content (AvgIpc) is 3.21. The summed E-state index contributed by atoms with van der Waals surface area (Å²) in [5.74, 6) is -0.847. The van der Waals surface area contributed by atoms with Gasteiger partial charge in [0.05, 0.1) is 10.4 Å². The van der Waals surface area contributed by atoms with Crippen LogP contribution in [0.4, 0.5) is 4.39 Å². The molecule has 0 unspecified atom stereocenters. The summed E-state index contributed by atoms with van der Waals surface area (Å²) < 4.78 is 20.2. The number of thiophene rings is 1. The lowest BCUT2D eigenvalue weighted by atomic mass is 10.0. The number of nitrogens with zero attached hydrogens (tertiary/aromatic N) is 2. The second-order valence-corrected chi connectivity index (χ2v) is 6.80. The Balaban J connectivity index is 1.56. The fourth-order valence-electron chi connectivity index (χ4n) is 3.24. The SMILES string of the molecule is O=C(c1cccs1)N1CCC(n2c(=O)oc3ccc(F)cc32)CC1. The Kier molecular flexibility index (Phi) is 3.72. The van der Waals surface area contributed by atoms with E-state index in [1.807, 2.05) is 17.5 Å². The van der Waals surface area contributed by atoms with Gasteiger partial charge in [-0.25, -0.2) is 9.18 Å². The molecule has 1 aliphatic rings. The zero-order valence-corrected chi connectivity index (χ0v) is 13.6. The van der Waals surface area contributed by atoms with Crippen molar-refractivity contribution in [2.24, 2.45) is 0 Å². The van der Waals surface area contributed by atoms with E-state index in [0.717, 1.165) is 4.88 Å². The highest BCUT2D eigenvalue weighted by atomic mass is 32.1. The molecule has 1 fully saturated rings. The van der Waals surface area contributed by atoms with E-state index in [1.54, 1.807) is 4.90 Å². The number of hydrogen-bond acceptors (Lipinski definition) is 4. The first-order valence-electron chi connectivity index (χ1n) is 7.77. The Morgan fingerprint density at radius 2 is 2.04 bits per heavy atom. The molecule has 0 saturated carbocycles. The van der Waals surface area contributed by atoms with E-state index in [1.165, 1.54) is 34.1 Å². The van der Waals surface area contributed by atoms with Crippen LogP contribution in [-0.2, 0) is 0 Å². The van der Waals surface area contributed by atoms with Crippen LogP contribution in [0.25, 0.3) is 11.1 Å². The summed E-state index contributed by atoms with van der Waals surface area (Å²) in [6.07, 6.45) is 1.28. The molecule has 3 heterocycles. The van der Waals surface area contributed by atoms with Gasteiger partial charge in [0.15, 0.2) is 5.58 Å². The van der Waals surface area contributed by atoms with Crippen LogP contribution < -0.4 is 5.76 Å². The predicted octanol–water partition coefficient (Wildman–Crippen LogP) is 3.27. The third-order valence-electron chi connectivity index (χ3n) is 4.42. The monoisotopic (exact) mass is 346 g/mol. The Morgan fingerprint density at radius 1 is 1.25 bits per heavy atom. The van der Waals surface area contributed by atoms with Gasteiger partial charge in [-0.2, -0.15) is 0 Å². The van der Waals surface area contributed by atoms with Crippen LogP contribution in [0.3, 0.4) is 0 Å². The molecule has 3 aromatic rings. The van der Waals surface area contributed by atoms with Gasteiger partial charge < -0.3 is 9.32 Å². The standard InChI is InChI=1S/C17H15FN2O3S/c18-11-3-4-14-13(10-11)20(17(22)23-14)12-5-7-19(8-6-12)16(21)15-2-1-9-24-15/h1-4,9-10,12H,5-8H2. The number of fused-ring (bicyclic) bond motifs is 1. The maximum atomic E-state index is 13.5. The number of hydrogen-bond donors (Lipinski definition) is 0. The van der Waals surface area contributed by atoms with Crippen molar-refractivity contribution in [3.63, 3.8) is 0 Å². The van der Waals surface area contributed by atoms with Crippen molar-refractivity contribution in [3.8, 4) is 0 Å². The van der Waals surface area contributed by atoms with E-state index in [0.29, 0.717) is 37.0 Å². The van der Waals surface area contributed by atoms with Crippen molar-refractivity contribution in [3.05, 3.63) is 57.0 Å². The lowest BCUT2D eigenvalue weighted by molar-refractivity contribution is 0.0699. The smallest absolute Gasteiger partial charge is 0.408 e. The van der Waals surface area contributed by atoms with Gasteiger partial charge in [-0.05, 0) is 36.4 Å². The third kappa shape index (κ3) is 2.54. The van der Waals surface area contributed by atoms with Crippen molar-refractivity contribution in [2.45, 2.75) is 18.9 Å². The Hall–Kier alpha value is -2.41. The summed E-state index contributed by atoms with van der Waals surface area (Å²) in [5, 5.41) is 1.88. The number of carbonyl (C=O) groups excluding carboxylic acids is 1. The minimum atomic E-state index is -0.473. The summed E-state index contributed by atoms with van der Waals surface area (Å²) in [6, 6.07) is 7.65. The molecule has 5 nitrogen and oxygen atoms in total. The first-order chi connectivity index (χ1) is 11.6. The fraction of sp³-hybridized carbons (Fsp3) is 0.294. The topological polar surface area (TPSA) is 55.5 Å². The number of likely N-dealkylation sites (tertiary alicyclic amines) is 1. The van der Waals surface area contributed by atoms with Gasteiger partial charge in [0, 0.05) is 25.2 Å². The molecule has 1 aromatic carbocycles. The number of benzene rings is 1. The van der Waals surface area contributed by atoms with Gasteiger partial charge in [-0.3, -0.25) is 9.36 Å². The Bertz CT molecular complexity index is 937. The van der Waals surface area contributed by atoms with Crippen LogP contribution in [0.2, 0.25) is 0 Å². The number of aromatic nitrogens is 1. The zero-order valence-electron chi connectivity index (χ0n) is 12.8. The molecule has 1 amide bonds. The van der Waals surface area contributed by atoms with Crippen molar-refractivity contribution in [1.82, 2.24) is 9.47 Å². The number of amides is 1. The van der Waals surface area contributed by atoms with Crippen molar-refractivity contribution < 1.29 is 13.6 Å². The first kappa shape index (κ1) is 15.1. The lowest BCUT2D eigenvalue weighted by Gasteiger charge is -2.32. The fourth-order valence-corrected chi connectivity index (χ4v) is 3.93. The van der Waals surface area contributed by atoms with Gasteiger partial charge >= 0.3 is 5.76 Å². The summed E-state index contributed by atoms with van der Waals surface area (Å²) in [6.45, 7) is 1.13. The number of carbonyl (C=O) groups is 1. The summed E-state index contributed by atoms with van der Waals surface area (Å²) in [4.78, 5) is 27.0. The van der Waals surface area contributed by atoms with Crippen LogP contribution >= 0.6 is 11.3 Å². The van der Waals surface area contributed by atoms with E-state index < -0.39 is 11.6 Å². The molecule has 1 aliphatic heterocycles. The van der Waals surface area contributed by atoms with Gasteiger partial charge in [0.25, 0.3) is 5.91 Å². The van der Waals surface area contributed by atoms with Gasteiger partial charge in [-0.1, -0.05) is 6.07 Å². The zero-order chi connectivity index (χ0) is 16.7. The molecule has 0 spiro atoms. The highest BCUT2D eigenvalue weighted by Crippen LogP contribution is 2.27. The van der Waals surface area contributed by atoms with Crippen molar-refractivity contribution >= 4 is 28.3 Å². The van der Waals surface area contributed by atoms with Gasteiger partial charge in [0.2, 0.25) is 0 Å². The minimum Gasteiger partial charge on any atom is -0.408 e. The quantitative estimate of drug-likeness (QED) is 0.716. The molecule has 0 aliphatic carbocycles. The molecule has 0 bridgehead atoms. The second kappa shape index (κ2) is 5.90. The number of halogens is 1. The molecule has 0 N–H and O–H groups in total. The molecule has 7 heteroatoms. The molecule has 0 radical (unpaired) electrons. The maximum Gasteiger partial charge on any atom is 0.420 e. The van der Waals surface area contributed by atoms with E-state index >= 15 is 0 Å². The Morgan fingerprint density at radius 3 is 2.75 bits per heavy atom. The highest BCUT2D eigenvalue weighted by molar-refractivity contribution is 7.12. The van der Waals surface area contributed by atoms with E-state index in [9.17, 15) is 14.0 Å². The predicted molar refractivity (Wildman–Crippen MR) is 88.9 cm³/mol. The largest absolute Gasteiger partial charge is 0.420 e. The van der Waals surface area contributed by atoms with Crippen LogP contribution in [0.15, 0.2) is 44.9 Å². The molecule has 0 atom stereocenters. The van der Waals surface area contributed by atoms with Crippen LogP contribution in [-0.4, -0.2) is 28.5 Å². The molecule has 2 aromatic heterocycles. The summed E-state index contributed by atoms with van der Waals surface area (Å²) in [5.41, 5.74) is 0.863. The van der Waals surface area contributed by atoms with Crippen LogP contribution in [0.5, 0.6) is 0 Å².